The van der Waals surface area contributed by atoms with E-state index in [0.29, 0.717) is 29.9 Å². The molecule has 1 saturated heterocycles. The highest BCUT2D eigenvalue weighted by molar-refractivity contribution is 5.94. The molecule has 0 atom stereocenters. The van der Waals surface area contributed by atoms with Crippen molar-refractivity contribution in [3.63, 3.8) is 0 Å². The Morgan fingerprint density at radius 2 is 2.09 bits per heavy atom. The SMILES string of the molecule is O=C(c1ccc(C#Cc2cccc(F)c2)nc1)N1CC(O)C1. The average molecular weight is 296 g/mol. The maximum Gasteiger partial charge on any atom is 0.255 e. The van der Waals surface area contributed by atoms with Crippen molar-refractivity contribution in [2.75, 3.05) is 13.1 Å². The van der Waals surface area contributed by atoms with Crippen LogP contribution >= 0.6 is 0 Å². The molecule has 4 nitrogen and oxygen atoms in total. The summed E-state index contributed by atoms with van der Waals surface area (Å²) in [5.74, 6) is 5.16. The maximum absolute atomic E-state index is 13.0. The number of amides is 1. The minimum Gasteiger partial charge on any atom is -0.389 e. The van der Waals surface area contributed by atoms with Crippen molar-refractivity contribution < 1.29 is 14.3 Å². The molecule has 1 aliphatic rings. The van der Waals surface area contributed by atoms with E-state index < -0.39 is 6.10 Å². The van der Waals surface area contributed by atoms with Crippen LogP contribution in [0.25, 0.3) is 0 Å². The monoisotopic (exact) mass is 296 g/mol. The van der Waals surface area contributed by atoms with Crippen molar-refractivity contribution in [2.45, 2.75) is 6.10 Å². The lowest BCUT2D eigenvalue weighted by Crippen LogP contribution is -2.53. The number of aromatic nitrogens is 1. The van der Waals surface area contributed by atoms with Gasteiger partial charge in [0.05, 0.1) is 11.7 Å². The van der Waals surface area contributed by atoms with Crippen LogP contribution in [0.2, 0.25) is 0 Å². The van der Waals surface area contributed by atoms with Gasteiger partial charge in [-0.25, -0.2) is 9.37 Å². The van der Waals surface area contributed by atoms with E-state index in [9.17, 15) is 14.3 Å². The zero-order valence-corrected chi connectivity index (χ0v) is 11.7. The molecule has 0 radical (unpaired) electrons. The number of carbonyl (C=O) groups excluding carboxylic acids is 1. The van der Waals surface area contributed by atoms with Gasteiger partial charge in [-0.3, -0.25) is 4.79 Å². The van der Waals surface area contributed by atoms with Crippen molar-refractivity contribution in [2.24, 2.45) is 0 Å². The number of β-amino-alcohol motifs (C(OH)–C–C–N with tert-alkyl or cyclic N) is 1. The van der Waals surface area contributed by atoms with Gasteiger partial charge >= 0.3 is 0 Å². The lowest BCUT2D eigenvalue weighted by Gasteiger charge is -2.35. The predicted octanol–water partition coefficient (Wildman–Crippen LogP) is 1.44. The van der Waals surface area contributed by atoms with E-state index in [2.05, 4.69) is 16.8 Å². The summed E-state index contributed by atoms with van der Waals surface area (Å²) in [7, 11) is 0. The Bertz CT molecular complexity index is 756. The van der Waals surface area contributed by atoms with Gasteiger partial charge in [0.15, 0.2) is 0 Å². The molecule has 1 aliphatic heterocycles. The molecule has 0 unspecified atom stereocenters. The van der Waals surface area contributed by atoms with Crippen molar-refractivity contribution >= 4 is 5.91 Å². The van der Waals surface area contributed by atoms with Gasteiger partial charge in [-0.1, -0.05) is 12.0 Å². The maximum atomic E-state index is 13.0. The van der Waals surface area contributed by atoms with Gasteiger partial charge in [-0.05, 0) is 36.3 Å². The van der Waals surface area contributed by atoms with E-state index in [-0.39, 0.29) is 11.7 Å². The quantitative estimate of drug-likeness (QED) is 0.810. The number of benzene rings is 1. The van der Waals surface area contributed by atoms with Crippen LogP contribution < -0.4 is 0 Å². The van der Waals surface area contributed by atoms with Crippen LogP contribution in [0.15, 0.2) is 42.6 Å². The second-order valence-corrected chi connectivity index (χ2v) is 5.06. The zero-order valence-electron chi connectivity index (χ0n) is 11.7. The number of rotatable bonds is 1. The van der Waals surface area contributed by atoms with Crippen LogP contribution in [-0.4, -0.2) is 40.1 Å². The first-order valence-corrected chi connectivity index (χ1v) is 6.83. The highest BCUT2D eigenvalue weighted by Crippen LogP contribution is 2.12. The summed E-state index contributed by atoms with van der Waals surface area (Å²) in [6.07, 6.45) is 1.04. The average Bonchev–Trinajstić information content (AvgIpc) is 2.50. The highest BCUT2D eigenvalue weighted by atomic mass is 19.1. The number of hydrogen-bond donors (Lipinski definition) is 1. The summed E-state index contributed by atoms with van der Waals surface area (Å²) in [5, 5.41) is 9.20. The van der Waals surface area contributed by atoms with Gasteiger partial charge in [-0.15, -0.1) is 0 Å². The summed E-state index contributed by atoms with van der Waals surface area (Å²) < 4.78 is 13.0. The Morgan fingerprint density at radius 3 is 2.73 bits per heavy atom. The van der Waals surface area contributed by atoms with E-state index in [1.165, 1.54) is 18.3 Å². The molecule has 1 aromatic heterocycles. The summed E-state index contributed by atoms with van der Waals surface area (Å²) in [6, 6.07) is 9.31. The highest BCUT2D eigenvalue weighted by Gasteiger charge is 2.29. The molecule has 1 amide bonds. The van der Waals surface area contributed by atoms with Crippen molar-refractivity contribution in [1.29, 1.82) is 0 Å². The summed E-state index contributed by atoms with van der Waals surface area (Å²) >= 11 is 0. The molecule has 0 aliphatic carbocycles. The van der Waals surface area contributed by atoms with Gasteiger partial charge in [0, 0.05) is 24.8 Å². The molecule has 0 saturated carbocycles. The third kappa shape index (κ3) is 3.13. The largest absolute Gasteiger partial charge is 0.389 e. The van der Waals surface area contributed by atoms with Crippen LogP contribution in [0, 0.1) is 17.7 Å². The second kappa shape index (κ2) is 5.96. The summed E-state index contributed by atoms with van der Waals surface area (Å²) in [5.41, 5.74) is 1.53. The topological polar surface area (TPSA) is 53.4 Å². The number of hydrogen-bond acceptors (Lipinski definition) is 3. The Labute approximate surface area is 127 Å². The third-order valence-electron chi connectivity index (χ3n) is 3.32. The van der Waals surface area contributed by atoms with E-state index in [4.69, 9.17) is 0 Å². The molecule has 2 heterocycles. The Balaban J connectivity index is 1.71. The molecule has 0 spiro atoms. The lowest BCUT2D eigenvalue weighted by atomic mass is 10.1. The molecule has 22 heavy (non-hydrogen) atoms. The Hall–Kier alpha value is -2.71. The normalized spacial score (nSPS) is 14.0. The van der Waals surface area contributed by atoms with E-state index in [0.717, 1.165) is 0 Å². The molecule has 2 aromatic rings. The fourth-order valence-corrected chi connectivity index (χ4v) is 2.10. The van der Waals surface area contributed by atoms with Crippen LogP contribution in [0.1, 0.15) is 21.6 Å². The van der Waals surface area contributed by atoms with Gasteiger partial charge in [0.1, 0.15) is 11.5 Å². The van der Waals surface area contributed by atoms with Gasteiger partial charge in [0.2, 0.25) is 0 Å². The van der Waals surface area contributed by atoms with Crippen LogP contribution in [-0.2, 0) is 0 Å². The number of carbonyl (C=O) groups is 1. The number of aliphatic hydroxyl groups excluding tert-OH is 1. The first-order chi connectivity index (χ1) is 10.6. The molecular weight excluding hydrogens is 283 g/mol. The van der Waals surface area contributed by atoms with E-state index in [1.54, 1.807) is 29.2 Å². The summed E-state index contributed by atoms with van der Waals surface area (Å²) in [6.45, 7) is 0.722. The van der Waals surface area contributed by atoms with E-state index in [1.807, 2.05) is 0 Å². The second-order valence-electron chi connectivity index (χ2n) is 5.06. The van der Waals surface area contributed by atoms with Gasteiger partial charge < -0.3 is 10.0 Å². The molecule has 0 bridgehead atoms. The fourth-order valence-electron chi connectivity index (χ4n) is 2.10. The van der Waals surface area contributed by atoms with Crippen LogP contribution in [0.3, 0.4) is 0 Å². The molecule has 110 valence electrons. The molecule has 1 aromatic carbocycles. The molecule has 1 N–H and O–H groups in total. The molecule has 5 heteroatoms. The van der Waals surface area contributed by atoms with E-state index >= 15 is 0 Å². The number of aliphatic hydroxyl groups is 1. The number of likely N-dealkylation sites (tertiary alicyclic amines) is 1. The standard InChI is InChI=1S/C17H13FN2O2/c18-14-3-1-2-12(8-14)4-6-15-7-5-13(9-19-15)17(22)20-10-16(21)11-20/h1-3,5,7-9,16,21H,10-11H2. The molecule has 1 fully saturated rings. The number of pyridine rings is 1. The lowest BCUT2D eigenvalue weighted by molar-refractivity contribution is 0.00586. The number of halogens is 1. The predicted molar refractivity (Wildman–Crippen MR) is 78.5 cm³/mol. The first kappa shape index (κ1) is 14.2. The number of nitrogens with zero attached hydrogens (tertiary/aromatic N) is 2. The van der Waals surface area contributed by atoms with Gasteiger partial charge in [-0.2, -0.15) is 0 Å². The zero-order chi connectivity index (χ0) is 15.5. The first-order valence-electron chi connectivity index (χ1n) is 6.83. The summed E-state index contributed by atoms with van der Waals surface area (Å²) in [4.78, 5) is 17.7. The Morgan fingerprint density at radius 1 is 1.27 bits per heavy atom. The van der Waals surface area contributed by atoms with Gasteiger partial charge in [0.25, 0.3) is 5.91 Å². The minimum atomic E-state index is -0.423. The third-order valence-corrected chi connectivity index (χ3v) is 3.32. The van der Waals surface area contributed by atoms with Crippen LogP contribution in [0.4, 0.5) is 4.39 Å². The molecule has 3 rings (SSSR count). The van der Waals surface area contributed by atoms with Crippen LogP contribution in [0.5, 0.6) is 0 Å². The fraction of sp³-hybridized carbons (Fsp3) is 0.176. The van der Waals surface area contributed by atoms with Crippen molar-refractivity contribution in [3.8, 4) is 11.8 Å². The van der Waals surface area contributed by atoms with Crippen molar-refractivity contribution in [1.82, 2.24) is 9.88 Å². The Kier molecular flexibility index (Phi) is 3.86. The smallest absolute Gasteiger partial charge is 0.255 e. The molecular formula is C17H13FN2O2. The minimum absolute atomic E-state index is 0.151. The van der Waals surface area contributed by atoms with Crippen molar-refractivity contribution in [3.05, 3.63) is 65.2 Å².